The van der Waals surface area contributed by atoms with Crippen LogP contribution in [-0.4, -0.2) is 42.3 Å². The van der Waals surface area contributed by atoms with E-state index >= 15 is 0 Å². The molecule has 94 valence electrons. The molecule has 1 aliphatic heterocycles. The van der Waals surface area contributed by atoms with Crippen molar-refractivity contribution in [2.45, 2.75) is 69.7 Å². The molecule has 16 heavy (non-hydrogen) atoms. The lowest BCUT2D eigenvalue weighted by Gasteiger charge is -2.52. The third-order valence-electron chi connectivity index (χ3n) is 4.55. The third-order valence-corrected chi connectivity index (χ3v) is 4.55. The standard InChI is InChI=1S/C13H26N2O/c1-10-7-13(9-14,8-11(2)16-10)15(3)12-5-4-6-12/h10-12H,4-9,14H2,1-3H3. The van der Waals surface area contributed by atoms with Gasteiger partial charge in [0.05, 0.1) is 12.2 Å². The number of hydrogen-bond acceptors (Lipinski definition) is 3. The Hall–Kier alpha value is -0.120. The van der Waals surface area contributed by atoms with E-state index in [-0.39, 0.29) is 5.54 Å². The molecule has 0 aromatic heterocycles. The molecule has 0 amide bonds. The van der Waals surface area contributed by atoms with Crippen molar-refractivity contribution < 1.29 is 4.74 Å². The van der Waals surface area contributed by atoms with Crippen LogP contribution >= 0.6 is 0 Å². The lowest BCUT2D eigenvalue weighted by Crippen LogP contribution is -2.62. The highest BCUT2D eigenvalue weighted by atomic mass is 16.5. The van der Waals surface area contributed by atoms with Crippen molar-refractivity contribution in [1.29, 1.82) is 0 Å². The summed E-state index contributed by atoms with van der Waals surface area (Å²) >= 11 is 0. The topological polar surface area (TPSA) is 38.5 Å². The number of ether oxygens (including phenoxy) is 1. The van der Waals surface area contributed by atoms with Gasteiger partial charge < -0.3 is 10.5 Å². The zero-order valence-electron chi connectivity index (χ0n) is 10.9. The molecule has 2 unspecified atom stereocenters. The molecule has 2 N–H and O–H groups in total. The van der Waals surface area contributed by atoms with Gasteiger partial charge in [-0.2, -0.15) is 0 Å². The van der Waals surface area contributed by atoms with Crippen LogP contribution in [0, 0.1) is 0 Å². The number of nitrogens with zero attached hydrogens (tertiary/aromatic N) is 1. The molecule has 1 heterocycles. The maximum atomic E-state index is 6.08. The van der Waals surface area contributed by atoms with Crippen molar-refractivity contribution in [3.8, 4) is 0 Å². The first-order valence-corrected chi connectivity index (χ1v) is 6.66. The van der Waals surface area contributed by atoms with E-state index in [1.165, 1.54) is 19.3 Å². The van der Waals surface area contributed by atoms with Gasteiger partial charge in [0.15, 0.2) is 0 Å². The van der Waals surface area contributed by atoms with Gasteiger partial charge in [0, 0.05) is 18.1 Å². The monoisotopic (exact) mass is 226 g/mol. The van der Waals surface area contributed by atoms with E-state index in [1.807, 2.05) is 0 Å². The van der Waals surface area contributed by atoms with E-state index < -0.39 is 0 Å². The van der Waals surface area contributed by atoms with Crippen LogP contribution in [0.15, 0.2) is 0 Å². The van der Waals surface area contributed by atoms with Gasteiger partial charge in [0.1, 0.15) is 0 Å². The maximum absolute atomic E-state index is 6.08. The van der Waals surface area contributed by atoms with E-state index in [2.05, 4.69) is 25.8 Å². The number of hydrogen-bond donors (Lipinski definition) is 1. The zero-order valence-corrected chi connectivity index (χ0v) is 10.9. The molecule has 3 nitrogen and oxygen atoms in total. The average Bonchev–Trinajstić information content (AvgIpc) is 2.13. The van der Waals surface area contributed by atoms with Crippen molar-refractivity contribution >= 4 is 0 Å². The summed E-state index contributed by atoms with van der Waals surface area (Å²) in [6.07, 6.45) is 6.94. The zero-order chi connectivity index (χ0) is 11.8. The molecule has 2 rings (SSSR count). The van der Waals surface area contributed by atoms with Crippen LogP contribution in [0.25, 0.3) is 0 Å². The second-order valence-electron chi connectivity index (χ2n) is 5.79. The molecule has 1 saturated heterocycles. The number of nitrogens with two attached hydrogens (primary N) is 1. The average molecular weight is 226 g/mol. The highest BCUT2D eigenvalue weighted by Crippen LogP contribution is 2.37. The SMILES string of the molecule is CC1CC(CN)(N(C)C2CCC2)CC(C)O1. The van der Waals surface area contributed by atoms with Gasteiger partial charge in [-0.15, -0.1) is 0 Å². The number of rotatable bonds is 3. The molecule has 0 spiro atoms. The summed E-state index contributed by atoms with van der Waals surface area (Å²) in [5.41, 5.74) is 6.27. The Bertz CT molecular complexity index is 230. The molecule has 1 saturated carbocycles. The van der Waals surface area contributed by atoms with E-state index in [4.69, 9.17) is 10.5 Å². The van der Waals surface area contributed by atoms with Crippen LogP contribution in [0.1, 0.15) is 46.0 Å². The normalized spacial score (nSPS) is 41.1. The van der Waals surface area contributed by atoms with Gasteiger partial charge in [-0.05, 0) is 46.6 Å². The van der Waals surface area contributed by atoms with Crippen molar-refractivity contribution in [3.05, 3.63) is 0 Å². The van der Waals surface area contributed by atoms with Gasteiger partial charge in [0.2, 0.25) is 0 Å². The van der Waals surface area contributed by atoms with E-state index in [1.54, 1.807) is 0 Å². The molecule has 0 bridgehead atoms. The second-order valence-corrected chi connectivity index (χ2v) is 5.79. The van der Waals surface area contributed by atoms with Crippen LogP contribution in [-0.2, 0) is 4.74 Å². The van der Waals surface area contributed by atoms with Crippen molar-refractivity contribution in [2.24, 2.45) is 5.73 Å². The minimum Gasteiger partial charge on any atom is -0.375 e. The summed E-state index contributed by atoms with van der Waals surface area (Å²) in [6.45, 7) is 5.11. The van der Waals surface area contributed by atoms with Gasteiger partial charge in [-0.25, -0.2) is 0 Å². The van der Waals surface area contributed by atoms with Crippen LogP contribution < -0.4 is 5.73 Å². The Balaban J connectivity index is 2.09. The number of likely N-dealkylation sites (N-methyl/N-ethyl adjacent to an activating group) is 1. The predicted molar refractivity (Wildman–Crippen MR) is 66.4 cm³/mol. The predicted octanol–water partition coefficient (Wildman–Crippen LogP) is 1.76. The first-order chi connectivity index (χ1) is 7.57. The highest BCUT2D eigenvalue weighted by molar-refractivity contribution is 5.00. The molecule has 0 aromatic rings. The Morgan fingerprint density at radius 3 is 2.19 bits per heavy atom. The quantitative estimate of drug-likeness (QED) is 0.797. The highest BCUT2D eigenvalue weighted by Gasteiger charge is 2.44. The summed E-state index contributed by atoms with van der Waals surface area (Å²) in [5, 5.41) is 0. The summed E-state index contributed by atoms with van der Waals surface area (Å²) in [5.74, 6) is 0. The first kappa shape index (κ1) is 12.3. The van der Waals surface area contributed by atoms with Gasteiger partial charge >= 0.3 is 0 Å². The van der Waals surface area contributed by atoms with Crippen LogP contribution in [0.3, 0.4) is 0 Å². The Labute approximate surface area is 99.3 Å². The van der Waals surface area contributed by atoms with Crippen LogP contribution in [0.4, 0.5) is 0 Å². The van der Waals surface area contributed by atoms with Crippen LogP contribution in [0.2, 0.25) is 0 Å². The third kappa shape index (κ3) is 2.13. The molecule has 3 heteroatoms. The largest absolute Gasteiger partial charge is 0.375 e. The van der Waals surface area contributed by atoms with E-state index in [0.717, 1.165) is 25.4 Å². The lowest BCUT2D eigenvalue weighted by molar-refractivity contribution is -0.112. The molecule has 1 aliphatic carbocycles. The minimum absolute atomic E-state index is 0.183. The molecular weight excluding hydrogens is 200 g/mol. The molecule has 0 aromatic carbocycles. The van der Waals surface area contributed by atoms with Crippen molar-refractivity contribution in [1.82, 2.24) is 4.90 Å². The molecule has 2 atom stereocenters. The van der Waals surface area contributed by atoms with Crippen molar-refractivity contribution in [3.63, 3.8) is 0 Å². The Morgan fingerprint density at radius 1 is 1.25 bits per heavy atom. The molecule has 2 fully saturated rings. The van der Waals surface area contributed by atoms with Crippen molar-refractivity contribution in [2.75, 3.05) is 13.6 Å². The minimum atomic E-state index is 0.183. The van der Waals surface area contributed by atoms with Gasteiger partial charge in [0.25, 0.3) is 0 Å². The fourth-order valence-electron chi connectivity index (χ4n) is 3.41. The molecular formula is C13H26N2O. The summed E-state index contributed by atoms with van der Waals surface area (Å²) in [7, 11) is 2.27. The van der Waals surface area contributed by atoms with E-state index in [0.29, 0.717) is 12.2 Å². The first-order valence-electron chi connectivity index (χ1n) is 6.66. The molecule has 2 aliphatic rings. The smallest absolute Gasteiger partial charge is 0.0568 e. The summed E-state index contributed by atoms with van der Waals surface area (Å²) in [4.78, 5) is 2.56. The fourth-order valence-corrected chi connectivity index (χ4v) is 3.41. The fraction of sp³-hybridized carbons (Fsp3) is 1.00. The lowest BCUT2D eigenvalue weighted by atomic mass is 9.79. The second kappa shape index (κ2) is 4.63. The summed E-state index contributed by atoms with van der Waals surface area (Å²) in [6, 6.07) is 0.765. The Morgan fingerprint density at radius 2 is 1.81 bits per heavy atom. The van der Waals surface area contributed by atoms with Gasteiger partial charge in [-0.1, -0.05) is 6.42 Å². The maximum Gasteiger partial charge on any atom is 0.0568 e. The van der Waals surface area contributed by atoms with Gasteiger partial charge in [-0.3, -0.25) is 4.90 Å². The summed E-state index contributed by atoms with van der Waals surface area (Å²) < 4.78 is 5.84. The molecule has 0 radical (unpaired) electrons. The Kier molecular flexibility index (Phi) is 3.57. The van der Waals surface area contributed by atoms with E-state index in [9.17, 15) is 0 Å². The van der Waals surface area contributed by atoms with Crippen LogP contribution in [0.5, 0.6) is 0 Å².